The molecule has 15 nitrogen and oxygen atoms in total. The van der Waals surface area contributed by atoms with Gasteiger partial charge in [0.2, 0.25) is 0 Å². The quantitative estimate of drug-likeness (QED) is 0.0218. The minimum Gasteiger partial charge on any atom is -0.462 e. The van der Waals surface area contributed by atoms with Crippen LogP contribution in [0.2, 0.25) is 0 Å². The number of ether oxygens (including phenoxy) is 6. The summed E-state index contributed by atoms with van der Waals surface area (Å²) in [5.74, 6) is -1.03. The maximum absolute atomic E-state index is 13.0. The van der Waals surface area contributed by atoms with E-state index in [1.54, 1.807) is 0 Å². The number of aliphatic hydroxyl groups is 7. The van der Waals surface area contributed by atoms with Crippen molar-refractivity contribution in [1.29, 1.82) is 0 Å². The first kappa shape index (κ1) is 58.8. The molecule has 376 valence electrons. The van der Waals surface area contributed by atoms with Crippen LogP contribution in [0.4, 0.5) is 0 Å². The largest absolute Gasteiger partial charge is 0.462 e. The van der Waals surface area contributed by atoms with Crippen molar-refractivity contribution in [3.05, 3.63) is 85.1 Å². The van der Waals surface area contributed by atoms with E-state index in [2.05, 4.69) is 98.9 Å². The first-order chi connectivity index (χ1) is 32.0. The molecule has 2 saturated heterocycles. The minimum atomic E-state index is -1.78. The topological polar surface area (TPSA) is 231 Å². The van der Waals surface area contributed by atoms with Gasteiger partial charge >= 0.3 is 11.9 Å². The zero-order valence-corrected chi connectivity index (χ0v) is 39.4. The van der Waals surface area contributed by atoms with Crippen LogP contribution in [0.3, 0.4) is 0 Å². The fourth-order valence-electron chi connectivity index (χ4n) is 6.86. The van der Waals surface area contributed by atoms with E-state index in [9.17, 15) is 45.3 Å². The van der Waals surface area contributed by atoms with Gasteiger partial charge < -0.3 is 64.2 Å². The molecule has 0 aromatic heterocycles. The molecule has 0 aliphatic carbocycles. The van der Waals surface area contributed by atoms with Crippen LogP contribution in [0.1, 0.15) is 129 Å². The molecule has 66 heavy (non-hydrogen) atoms. The van der Waals surface area contributed by atoms with E-state index >= 15 is 0 Å². The first-order valence-corrected chi connectivity index (χ1v) is 24.2. The summed E-state index contributed by atoms with van der Waals surface area (Å²) in [7, 11) is 0. The number of hydrogen-bond acceptors (Lipinski definition) is 15. The smallest absolute Gasteiger partial charge is 0.306 e. The molecule has 0 radical (unpaired) electrons. The van der Waals surface area contributed by atoms with Crippen LogP contribution in [0.25, 0.3) is 0 Å². The van der Waals surface area contributed by atoms with Gasteiger partial charge in [0.25, 0.3) is 0 Å². The molecule has 15 heteroatoms. The minimum absolute atomic E-state index is 0.102. The highest BCUT2D eigenvalue weighted by molar-refractivity contribution is 5.70. The molecule has 2 heterocycles. The Labute approximate surface area is 393 Å². The van der Waals surface area contributed by atoms with Crippen molar-refractivity contribution in [1.82, 2.24) is 0 Å². The van der Waals surface area contributed by atoms with Crippen molar-refractivity contribution in [3.63, 3.8) is 0 Å². The third kappa shape index (κ3) is 25.7. The van der Waals surface area contributed by atoms with Gasteiger partial charge in [-0.1, -0.05) is 112 Å². The molecule has 2 aliphatic rings. The van der Waals surface area contributed by atoms with Gasteiger partial charge in [-0.2, -0.15) is 0 Å². The van der Waals surface area contributed by atoms with Gasteiger partial charge in [-0.3, -0.25) is 9.59 Å². The van der Waals surface area contributed by atoms with E-state index in [0.717, 1.165) is 70.6 Å². The number of allylic oxidation sites excluding steroid dienone is 14. The highest BCUT2D eigenvalue weighted by Gasteiger charge is 2.47. The molecule has 0 spiro atoms. The third-order valence-electron chi connectivity index (χ3n) is 10.9. The Kier molecular flexibility index (Phi) is 33.5. The Morgan fingerprint density at radius 1 is 0.500 bits per heavy atom. The highest BCUT2D eigenvalue weighted by Crippen LogP contribution is 2.26. The van der Waals surface area contributed by atoms with Crippen LogP contribution in [-0.4, -0.2) is 142 Å². The molecule has 0 aromatic carbocycles. The first-order valence-electron chi connectivity index (χ1n) is 24.2. The van der Waals surface area contributed by atoms with Crippen LogP contribution < -0.4 is 0 Å². The summed E-state index contributed by atoms with van der Waals surface area (Å²) in [6.07, 6.45) is 27.7. The standard InChI is InChI=1S/C51H82O15/c1-3-5-7-9-11-13-15-17-19-21-23-25-27-29-31-33-42(53)61-36-39(64-43(54)34-32-30-28-26-24-22-20-18-16-14-12-10-8-6-4-2)37-62-50-49(60)47(58)45(56)41(66-50)38-63-51-48(59)46(57)44(55)40(35-52)65-51/h5,7,11-14,17-20,23-26,39-41,44-52,55-60H,3-4,6,8-10,15-16,21-22,27-38H2,1-2H3/b7-5+,13-11+,14-12+,19-17+,20-18+,25-23+,26-24+/t39-,40-,41-,44+,45+,46?,47?,48?,49?,50-,51-/m1/s1. The van der Waals surface area contributed by atoms with Crippen molar-refractivity contribution in [2.24, 2.45) is 0 Å². The molecule has 7 N–H and O–H groups in total. The molecule has 0 bridgehead atoms. The fraction of sp³-hybridized carbons (Fsp3) is 0.686. The lowest BCUT2D eigenvalue weighted by Crippen LogP contribution is -2.61. The van der Waals surface area contributed by atoms with Crippen molar-refractivity contribution in [2.75, 3.05) is 26.4 Å². The van der Waals surface area contributed by atoms with Crippen LogP contribution in [0, 0.1) is 0 Å². The van der Waals surface area contributed by atoms with Gasteiger partial charge in [0.1, 0.15) is 55.4 Å². The number of aliphatic hydroxyl groups excluding tert-OH is 7. The van der Waals surface area contributed by atoms with Crippen molar-refractivity contribution in [3.8, 4) is 0 Å². The number of esters is 2. The van der Waals surface area contributed by atoms with Crippen molar-refractivity contribution in [2.45, 2.75) is 197 Å². The highest BCUT2D eigenvalue weighted by atomic mass is 16.7. The lowest BCUT2D eigenvalue weighted by Gasteiger charge is -2.42. The average Bonchev–Trinajstić information content (AvgIpc) is 3.31. The molecule has 0 aromatic rings. The maximum atomic E-state index is 13.0. The van der Waals surface area contributed by atoms with E-state index in [1.165, 1.54) is 19.3 Å². The Hall–Kier alpha value is -3.32. The number of carbonyl (C=O) groups is 2. The number of unbranched alkanes of at least 4 members (excludes halogenated alkanes) is 7. The molecule has 4 unspecified atom stereocenters. The van der Waals surface area contributed by atoms with E-state index in [1.807, 2.05) is 0 Å². The van der Waals surface area contributed by atoms with Gasteiger partial charge in [-0.05, 0) is 89.9 Å². The summed E-state index contributed by atoms with van der Waals surface area (Å²) in [6, 6.07) is 0. The Bertz CT molecular complexity index is 1470. The van der Waals surface area contributed by atoms with Gasteiger partial charge in [0, 0.05) is 12.8 Å². The van der Waals surface area contributed by atoms with E-state index in [-0.39, 0.29) is 19.4 Å². The van der Waals surface area contributed by atoms with Gasteiger partial charge in [0.15, 0.2) is 18.7 Å². The molecule has 11 atom stereocenters. The zero-order valence-electron chi connectivity index (χ0n) is 39.4. The molecule has 2 rings (SSSR count). The predicted octanol–water partition coefficient (Wildman–Crippen LogP) is 6.04. The Morgan fingerprint density at radius 2 is 0.939 bits per heavy atom. The molecule has 2 aliphatic heterocycles. The monoisotopic (exact) mass is 935 g/mol. The van der Waals surface area contributed by atoms with Crippen LogP contribution in [0.15, 0.2) is 85.1 Å². The molecular weight excluding hydrogens is 853 g/mol. The number of carbonyl (C=O) groups excluding carboxylic acids is 2. The average molecular weight is 935 g/mol. The fourth-order valence-corrected chi connectivity index (χ4v) is 6.86. The normalized spacial score (nSPS) is 26.9. The van der Waals surface area contributed by atoms with E-state index < -0.39 is 99.3 Å². The SMILES string of the molecule is CC/C=C/C/C=C/C/C=C/C/C=C/CCCCC(=O)OC[C@H](CO[C@@H]1O[C@H](CO[C@@H]2O[C@H](CO)[C@H](O)C(O)C2O)[C@H](O)C(O)C1O)OC(=O)CCCC/C=C/C/C=C/C/C=C/CCCCC. The van der Waals surface area contributed by atoms with Gasteiger partial charge in [-0.25, -0.2) is 0 Å². The molecule has 0 amide bonds. The lowest BCUT2D eigenvalue weighted by atomic mass is 9.98. The lowest BCUT2D eigenvalue weighted by molar-refractivity contribution is -0.332. The second kappa shape index (κ2) is 37.6. The molecule has 2 fully saturated rings. The second-order valence-corrected chi connectivity index (χ2v) is 16.5. The van der Waals surface area contributed by atoms with Crippen molar-refractivity contribution >= 4 is 11.9 Å². The Morgan fingerprint density at radius 3 is 1.44 bits per heavy atom. The predicted molar refractivity (Wildman–Crippen MR) is 252 cm³/mol. The molecule has 0 saturated carbocycles. The maximum Gasteiger partial charge on any atom is 0.306 e. The number of hydrogen-bond donors (Lipinski definition) is 7. The summed E-state index contributed by atoms with van der Waals surface area (Å²) >= 11 is 0. The summed E-state index contributed by atoms with van der Waals surface area (Å²) in [6.45, 7) is 2.32. The number of rotatable bonds is 35. The Balaban J connectivity index is 1.88. The van der Waals surface area contributed by atoms with Crippen LogP contribution >= 0.6 is 0 Å². The summed E-state index contributed by atoms with van der Waals surface area (Å²) in [4.78, 5) is 25.7. The van der Waals surface area contributed by atoms with E-state index in [4.69, 9.17) is 28.4 Å². The third-order valence-corrected chi connectivity index (χ3v) is 10.9. The summed E-state index contributed by atoms with van der Waals surface area (Å²) in [5.41, 5.74) is 0. The molecular formula is C51H82O15. The van der Waals surface area contributed by atoms with Crippen molar-refractivity contribution < 1.29 is 73.8 Å². The van der Waals surface area contributed by atoms with Gasteiger partial charge in [0.05, 0.1) is 19.8 Å². The van der Waals surface area contributed by atoms with Crippen LogP contribution in [0.5, 0.6) is 0 Å². The second-order valence-electron chi connectivity index (χ2n) is 16.5. The van der Waals surface area contributed by atoms with E-state index in [0.29, 0.717) is 12.8 Å². The zero-order chi connectivity index (χ0) is 48.2. The summed E-state index contributed by atoms with van der Waals surface area (Å²) in [5, 5.41) is 72.0. The van der Waals surface area contributed by atoms with Gasteiger partial charge in [-0.15, -0.1) is 0 Å². The van der Waals surface area contributed by atoms with Crippen LogP contribution in [-0.2, 0) is 38.0 Å². The summed E-state index contributed by atoms with van der Waals surface area (Å²) < 4.78 is 33.4.